The molecule has 1 unspecified atom stereocenters. The Labute approximate surface area is 588 Å². The van der Waals surface area contributed by atoms with E-state index in [4.69, 9.17) is 52.8 Å². The highest BCUT2D eigenvalue weighted by Gasteiger charge is 2.53. The van der Waals surface area contributed by atoms with Gasteiger partial charge in [-0.05, 0) is 152 Å². The van der Waals surface area contributed by atoms with Gasteiger partial charge in [-0.1, -0.05) is 76.6 Å². The molecule has 1 aromatic carbocycles. The number of allylic oxidation sites excluding steroid dienone is 6. The number of amides is 2. The van der Waals surface area contributed by atoms with Gasteiger partial charge in [0.25, 0.3) is 11.7 Å². The fourth-order valence-electron chi connectivity index (χ4n) is 15.0. The molecule has 3 aromatic rings. The van der Waals surface area contributed by atoms with E-state index < -0.39 is 95.8 Å². The molecule has 5 aliphatic heterocycles. The van der Waals surface area contributed by atoms with Crippen LogP contribution < -0.4 is 19.9 Å². The summed E-state index contributed by atoms with van der Waals surface area (Å²) in [5, 5.41) is 38.6. The quantitative estimate of drug-likeness (QED) is 0.0747. The van der Waals surface area contributed by atoms with Crippen LogP contribution in [0.5, 0.6) is 5.75 Å². The van der Waals surface area contributed by atoms with E-state index in [1.807, 2.05) is 69.3 Å². The molecule has 4 saturated heterocycles. The standard InChI is InChI=1S/C76H107N7O17/c1-44-18-14-13-15-19-45(2)59(78-75(91)98-43-55-38-54(23-28-63(55)93-10)58-26-25-57-70(77-58)79-74(82-31-33-97-42-52(82)9)80-71(57)81-30-32-96-41-51(81)8)39-56-24-21-50(7)76(92,100-56)69(88)72(89)83-29-17-16-20-60(83)73(90)99-64(47(4)36-53-22-27-61(84)65(37-53)94-11)40-62(85)46(3)35-49(6)67(87)68(95-12)66(86)48(5)34-44/h13-15,18-19,23,25-26,28,35,38,44,46-48,50-53,56,59-61,64-65,67-68,84,87,92H,16-17,20-22,24,27,29-34,36-37,39-43H2,1-12H3,(H,78,91)/b15-13?,18-14+,45-19?,49-35+/t44-,46-,47-,48-,50-,51+,52+,53+,56+,59?,60+,61-,64+,65-,67-,68+,76-/m1/s1. The van der Waals surface area contributed by atoms with Gasteiger partial charge in [-0.15, -0.1) is 0 Å². The summed E-state index contributed by atoms with van der Waals surface area (Å²) in [5.74, 6) is -7.22. The molecule has 24 nitrogen and oxygen atoms in total. The summed E-state index contributed by atoms with van der Waals surface area (Å²) in [5.41, 5.74) is 3.39. The number of benzene rings is 1. The Kier molecular flexibility index (Phi) is 27.2. The number of Topliss-reactive ketones (excluding diaryl/α,β-unsaturated/α-hetero) is 3. The lowest BCUT2D eigenvalue weighted by Gasteiger charge is -2.43. The average Bonchev–Trinajstić information content (AvgIpc) is 0.772. The number of aliphatic hydroxyl groups excluding tert-OH is 2. The number of pyridine rings is 1. The summed E-state index contributed by atoms with van der Waals surface area (Å²) >= 11 is 0. The number of piperidine rings is 1. The predicted molar refractivity (Wildman–Crippen MR) is 376 cm³/mol. The van der Waals surface area contributed by atoms with Gasteiger partial charge >= 0.3 is 12.1 Å². The number of cyclic esters (lactones) is 1. The van der Waals surface area contributed by atoms with Crippen LogP contribution in [0.25, 0.3) is 22.3 Å². The Balaban J connectivity index is 0.981. The first-order valence-electron chi connectivity index (χ1n) is 35.9. The van der Waals surface area contributed by atoms with Crippen molar-refractivity contribution < 1.29 is 82.0 Å². The smallest absolute Gasteiger partial charge is 0.407 e. The van der Waals surface area contributed by atoms with Crippen LogP contribution in [-0.4, -0.2) is 204 Å². The Morgan fingerprint density at radius 2 is 1.53 bits per heavy atom. The second-order valence-electron chi connectivity index (χ2n) is 28.8. The lowest BCUT2D eigenvalue weighted by atomic mass is 9.78. The van der Waals surface area contributed by atoms with E-state index in [1.54, 1.807) is 53.0 Å². The number of aromatic nitrogens is 3. The Morgan fingerprint density at radius 1 is 0.790 bits per heavy atom. The van der Waals surface area contributed by atoms with Gasteiger partial charge in [0.05, 0.1) is 81.1 Å². The van der Waals surface area contributed by atoms with Gasteiger partial charge in [-0.2, -0.15) is 9.97 Å². The third kappa shape index (κ3) is 18.8. The molecule has 6 aliphatic rings. The van der Waals surface area contributed by atoms with E-state index >= 15 is 0 Å². The zero-order valence-corrected chi connectivity index (χ0v) is 60.5. The highest BCUT2D eigenvalue weighted by atomic mass is 16.6. The van der Waals surface area contributed by atoms with Crippen molar-refractivity contribution in [3.63, 3.8) is 0 Å². The summed E-state index contributed by atoms with van der Waals surface area (Å²) in [6, 6.07) is 7.48. The lowest BCUT2D eigenvalue weighted by Crippen LogP contribution is -2.61. The number of carbonyl (C=O) groups is 6. The Hall–Kier alpha value is -7.03. The molecule has 0 spiro atoms. The summed E-state index contributed by atoms with van der Waals surface area (Å²) in [7, 11) is 4.45. The van der Waals surface area contributed by atoms with E-state index in [2.05, 4.69) is 29.0 Å². The number of rotatable bonds is 12. The molecule has 7 heterocycles. The van der Waals surface area contributed by atoms with Crippen LogP contribution in [0.2, 0.25) is 0 Å². The Bertz CT molecular complexity index is 3490. The van der Waals surface area contributed by atoms with Gasteiger partial charge < -0.3 is 73.2 Å². The fraction of sp³-hybridized carbons (Fsp3) is 0.645. The van der Waals surface area contributed by atoms with Gasteiger partial charge in [-0.3, -0.25) is 19.2 Å². The molecule has 100 heavy (non-hydrogen) atoms. The maximum Gasteiger partial charge on any atom is 0.407 e. The second kappa shape index (κ2) is 35.2. The van der Waals surface area contributed by atoms with Crippen LogP contribution in [0.3, 0.4) is 0 Å². The predicted octanol–water partition coefficient (Wildman–Crippen LogP) is 8.92. The molecule has 4 N–H and O–H groups in total. The van der Waals surface area contributed by atoms with Crippen molar-refractivity contribution in [1.82, 2.24) is 25.2 Å². The zero-order valence-electron chi connectivity index (χ0n) is 60.5. The van der Waals surface area contributed by atoms with Crippen LogP contribution in [0.1, 0.15) is 145 Å². The normalized spacial score (nSPS) is 32.8. The Morgan fingerprint density at radius 3 is 2.24 bits per heavy atom. The molecule has 2 bridgehead atoms. The molecule has 0 radical (unpaired) electrons. The number of carbonyl (C=O) groups excluding carboxylic acids is 6. The number of nitrogens with zero attached hydrogens (tertiary/aromatic N) is 6. The summed E-state index contributed by atoms with van der Waals surface area (Å²) in [6.07, 6.45) is 8.75. The summed E-state index contributed by atoms with van der Waals surface area (Å²) in [6.45, 7) is 19.9. The monoisotopic (exact) mass is 1390 g/mol. The highest BCUT2D eigenvalue weighted by molar-refractivity contribution is 6.39. The number of anilines is 2. The topological polar surface area (TPSA) is 297 Å². The van der Waals surface area contributed by atoms with E-state index in [9.17, 15) is 44.1 Å². The first-order chi connectivity index (χ1) is 47.8. The molecule has 17 atom stereocenters. The van der Waals surface area contributed by atoms with Crippen LogP contribution >= 0.6 is 0 Å². The number of hydrogen-bond acceptors (Lipinski definition) is 22. The van der Waals surface area contributed by atoms with Gasteiger partial charge in [0, 0.05) is 69.2 Å². The SMILES string of the molecule is COc1ccc(-c2ccc3c(N4CCOC[C@@H]4C)nc(N4CCOC[C@@H]4C)nc3n2)cc1COC(=O)NC1C[C@@H]2CC[C@@H](C)[C@@](O)(O2)C(=O)C(=O)N2CCCC[C@H]2C(=O)O[C@H]([C@H](C)C[C@@H]2CC[C@@H](O)[C@H](OC)C2)CC(=O)[C@H](C)/C=C(\C)[C@@H](O)[C@@H](OC)C(=O)[C@H](C)C[C@H](C)/C=C/C=CC=C1C. The molecule has 24 heteroatoms. The second-order valence-corrected chi connectivity index (χ2v) is 28.8. The number of esters is 1. The molecule has 9 rings (SSSR count). The molecule has 5 fully saturated rings. The molecule has 2 aromatic heterocycles. The number of morpholine rings is 2. The van der Waals surface area contributed by atoms with E-state index in [1.165, 1.54) is 14.2 Å². The van der Waals surface area contributed by atoms with E-state index in [0.29, 0.717) is 136 Å². The van der Waals surface area contributed by atoms with Crippen molar-refractivity contribution in [3.8, 4) is 17.0 Å². The molecular weight excluding hydrogens is 1280 g/mol. The number of hydrogen-bond donors (Lipinski definition) is 4. The van der Waals surface area contributed by atoms with Gasteiger partial charge in [0.15, 0.2) is 11.4 Å². The number of ketones is 3. The molecule has 1 aliphatic carbocycles. The first-order valence-corrected chi connectivity index (χ1v) is 35.9. The van der Waals surface area contributed by atoms with Gasteiger partial charge in [-0.25, -0.2) is 14.6 Å². The summed E-state index contributed by atoms with van der Waals surface area (Å²) < 4.78 is 47.4. The molecule has 1 saturated carbocycles. The van der Waals surface area contributed by atoms with E-state index in [0.717, 1.165) is 16.1 Å². The van der Waals surface area contributed by atoms with Crippen molar-refractivity contribution in [3.05, 3.63) is 83.5 Å². The van der Waals surface area contributed by atoms with Crippen LogP contribution in [0, 0.1) is 35.5 Å². The van der Waals surface area contributed by atoms with Crippen molar-refractivity contribution >= 4 is 58.1 Å². The highest BCUT2D eigenvalue weighted by Crippen LogP contribution is 2.39. The largest absolute Gasteiger partial charge is 0.496 e. The summed E-state index contributed by atoms with van der Waals surface area (Å²) in [4.78, 5) is 108. The van der Waals surface area contributed by atoms with Crippen molar-refractivity contribution in [1.29, 1.82) is 0 Å². The number of ether oxygens (including phenoxy) is 8. The third-order valence-electron chi connectivity index (χ3n) is 21.3. The maximum atomic E-state index is 14.8. The van der Waals surface area contributed by atoms with Gasteiger partial charge in [0.2, 0.25) is 11.7 Å². The van der Waals surface area contributed by atoms with Crippen molar-refractivity contribution in [2.45, 2.75) is 213 Å². The number of aliphatic hydroxyl groups is 3. The maximum absolute atomic E-state index is 14.8. The van der Waals surface area contributed by atoms with Crippen molar-refractivity contribution in [2.24, 2.45) is 35.5 Å². The van der Waals surface area contributed by atoms with E-state index in [-0.39, 0.29) is 80.4 Å². The van der Waals surface area contributed by atoms with Gasteiger partial charge in [0.1, 0.15) is 48.3 Å². The lowest BCUT2D eigenvalue weighted by molar-refractivity contribution is -0.264. The van der Waals surface area contributed by atoms with Crippen LogP contribution in [0.4, 0.5) is 16.6 Å². The molecule has 2 amide bonds. The number of nitrogens with one attached hydrogen (secondary N) is 1. The number of methoxy groups -OCH3 is 3. The number of fused-ring (bicyclic) bond motifs is 4. The fourth-order valence-corrected chi connectivity index (χ4v) is 15.0. The van der Waals surface area contributed by atoms with Crippen molar-refractivity contribution in [2.75, 3.05) is 77.2 Å². The minimum atomic E-state index is -2.63. The minimum Gasteiger partial charge on any atom is -0.496 e. The number of alkyl carbamates (subject to hydrolysis) is 1. The zero-order chi connectivity index (χ0) is 72.1. The molecule has 548 valence electrons. The van der Waals surface area contributed by atoms with Crippen LogP contribution in [0.15, 0.2) is 77.9 Å². The first kappa shape index (κ1) is 77.1. The minimum absolute atomic E-state index is 0.00481. The van der Waals surface area contributed by atoms with Crippen LogP contribution in [-0.2, 0) is 63.7 Å². The molecular formula is C76H107N7O17. The average molecular weight is 1390 g/mol. The third-order valence-corrected chi connectivity index (χ3v) is 21.3.